The molecule has 22 heavy (non-hydrogen) atoms. The first kappa shape index (κ1) is 14.8. The number of carbonyl (C=O) groups excluding carboxylic acids is 3. The summed E-state index contributed by atoms with van der Waals surface area (Å²) in [5.41, 5.74) is 0.661. The van der Waals surface area contributed by atoms with Gasteiger partial charge in [0.2, 0.25) is 11.8 Å². The van der Waals surface area contributed by atoms with Crippen LogP contribution in [0.2, 0.25) is 0 Å². The summed E-state index contributed by atoms with van der Waals surface area (Å²) >= 11 is 0. The maximum absolute atomic E-state index is 12.4. The average Bonchev–Trinajstić information content (AvgIpc) is 2.84. The molecule has 1 aliphatic carbocycles. The van der Waals surface area contributed by atoms with Gasteiger partial charge in [-0.25, -0.2) is 0 Å². The van der Waals surface area contributed by atoms with Crippen molar-refractivity contribution in [3.05, 3.63) is 30.3 Å². The van der Waals surface area contributed by atoms with Gasteiger partial charge in [0.25, 0.3) is 0 Å². The summed E-state index contributed by atoms with van der Waals surface area (Å²) in [6, 6.07) is 9.11. The Kier molecular flexibility index (Phi) is 4.22. The number of anilines is 1. The van der Waals surface area contributed by atoms with Gasteiger partial charge < -0.3 is 10.2 Å². The number of amides is 2. The Morgan fingerprint density at radius 1 is 1.05 bits per heavy atom. The first-order chi connectivity index (χ1) is 10.7. The lowest BCUT2D eigenvalue weighted by Gasteiger charge is -2.23. The molecule has 0 aromatic heterocycles. The predicted molar refractivity (Wildman–Crippen MR) is 82.3 cm³/mol. The lowest BCUT2D eigenvalue weighted by atomic mass is 9.94. The first-order valence-corrected chi connectivity index (χ1v) is 7.86. The lowest BCUT2D eigenvalue weighted by molar-refractivity contribution is -0.137. The van der Waals surface area contributed by atoms with Gasteiger partial charge in [-0.1, -0.05) is 37.5 Å². The molecule has 1 unspecified atom stereocenters. The van der Waals surface area contributed by atoms with Crippen LogP contribution >= 0.6 is 0 Å². The van der Waals surface area contributed by atoms with E-state index in [0.29, 0.717) is 5.69 Å². The van der Waals surface area contributed by atoms with E-state index >= 15 is 0 Å². The number of carbonyl (C=O) groups is 3. The number of rotatable bonds is 3. The Balaban J connectivity index is 1.70. The average molecular weight is 300 g/mol. The van der Waals surface area contributed by atoms with E-state index in [-0.39, 0.29) is 18.4 Å². The normalized spacial score (nSPS) is 22.9. The molecule has 5 heteroatoms. The van der Waals surface area contributed by atoms with Crippen LogP contribution in [-0.4, -0.2) is 30.2 Å². The molecule has 1 aromatic carbocycles. The molecule has 2 aliphatic rings. The summed E-state index contributed by atoms with van der Waals surface area (Å²) < 4.78 is 0. The summed E-state index contributed by atoms with van der Waals surface area (Å²) in [4.78, 5) is 38.3. The molecule has 2 fully saturated rings. The Hall–Kier alpha value is -2.17. The van der Waals surface area contributed by atoms with Crippen molar-refractivity contribution in [2.24, 2.45) is 5.92 Å². The molecule has 2 amide bonds. The molecule has 0 bridgehead atoms. The highest BCUT2D eigenvalue weighted by Crippen LogP contribution is 2.24. The highest BCUT2D eigenvalue weighted by molar-refractivity contribution is 6.28. The van der Waals surface area contributed by atoms with Gasteiger partial charge in [-0.15, -0.1) is 0 Å². The number of para-hydroxylation sites is 1. The van der Waals surface area contributed by atoms with Gasteiger partial charge in [-0.05, 0) is 25.0 Å². The highest BCUT2D eigenvalue weighted by atomic mass is 16.2. The van der Waals surface area contributed by atoms with Crippen LogP contribution in [0.4, 0.5) is 5.69 Å². The van der Waals surface area contributed by atoms with Crippen molar-refractivity contribution >= 4 is 23.3 Å². The van der Waals surface area contributed by atoms with E-state index in [2.05, 4.69) is 5.32 Å². The zero-order valence-electron chi connectivity index (χ0n) is 12.5. The predicted octanol–water partition coefficient (Wildman–Crippen LogP) is 1.67. The molecule has 116 valence electrons. The minimum Gasteiger partial charge on any atom is -0.352 e. The zero-order chi connectivity index (χ0) is 15.5. The van der Waals surface area contributed by atoms with Crippen molar-refractivity contribution < 1.29 is 14.4 Å². The summed E-state index contributed by atoms with van der Waals surface area (Å²) in [6.07, 6.45) is 5.24. The standard InChI is InChI=1S/C17H20N2O3/c20-14-11-19(13-9-5-2-6-10-13)17(22)15(14)16(21)18-12-7-3-1-4-8-12/h2,5-6,9-10,12,15H,1,3-4,7-8,11H2,(H,18,21). The molecule has 0 radical (unpaired) electrons. The molecule has 0 spiro atoms. The minimum absolute atomic E-state index is 0.0222. The van der Waals surface area contributed by atoms with Crippen molar-refractivity contribution in [1.29, 1.82) is 0 Å². The van der Waals surface area contributed by atoms with E-state index in [1.54, 1.807) is 12.1 Å². The van der Waals surface area contributed by atoms with Crippen LogP contribution in [0.1, 0.15) is 32.1 Å². The van der Waals surface area contributed by atoms with E-state index in [1.807, 2.05) is 18.2 Å². The number of hydrogen-bond acceptors (Lipinski definition) is 3. The Morgan fingerprint density at radius 2 is 1.73 bits per heavy atom. The fraction of sp³-hybridized carbons (Fsp3) is 0.471. The van der Waals surface area contributed by atoms with E-state index in [0.717, 1.165) is 25.7 Å². The molecule has 1 aliphatic heterocycles. The van der Waals surface area contributed by atoms with E-state index in [9.17, 15) is 14.4 Å². The number of hydrogen-bond donors (Lipinski definition) is 1. The van der Waals surface area contributed by atoms with E-state index in [4.69, 9.17) is 0 Å². The summed E-state index contributed by atoms with van der Waals surface area (Å²) in [5.74, 6) is -2.34. The third kappa shape index (κ3) is 2.89. The first-order valence-electron chi connectivity index (χ1n) is 7.86. The third-order valence-corrected chi connectivity index (χ3v) is 4.43. The van der Waals surface area contributed by atoms with E-state index in [1.165, 1.54) is 11.3 Å². The lowest BCUT2D eigenvalue weighted by Crippen LogP contribution is -2.44. The summed E-state index contributed by atoms with van der Waals surface area (Å²) in [5, 5.41) is 2.89. The number of nitrogens with one attached hydrogen (secondary N) is 1. The van der Waals surface area contributed by atoms with Gasteiger partial charge in [0.1, 0.15) is 0 Å². The van der Waals surface area contributed by atoms with Crippen molar-refractivity contribution in [1.82, 2.24) is 5.32 Å². The number of benzene rings is 1. The quantitative estimate of drug-likeness (QED) is 0.863. The summed E-state index contributed by atoms with van der Waals surface area (Å²) in [7, 11) is 0. The van der Waals surface area contributed by atoms with Crippen LogP contribution in [0.3, 0.4) is 0 Å². The molecule has 5 nitrogen and oxygen atoms in total. The Bertz CT molecular complexity index is 579. The smallest absolute Gasteiger partial charge is 0.247 e. The second-order valence-electron chi connectivity index (χ2n) is 6.00. The number of Topliss-reactive ketones (excluding diaryl/α,β-unsaturated/α-hetero) is 1. The van der Waals surface area contributed by atoms with Crippen molar-refractivity contribution in [2.75, 3.05) is 11.4 Å². The molecular weight excluding hydrogens is 280 g/mol. The van der Waals surface area contributed by atoms with Crippen LogP contribution < -0.4 is 10.2 Å². The molecule has 1 saturated carbocycles. The molecule has 1 N–H and O–H groups in total. The van der Waals surface area contributed by atoms with Gasteiger partial charge >= 0.3 is 0 Å². The molecule has 1 heterocycles. The van der Waals surface area contributed by atoms with Gasteiger partial charge in [-0.3, -0.25) is 14.4 Å². The summed E-state index contributed by atoms with van der Waals surface area (Å²) in [6.45, 7) is -0.0222. The molecule has 3 rings (SSSR count). The van der Waals surface area contributed by atoms with Gasteiger partial charge in [0.15, 0.2) is 11.7 Å². The van der Waals surface area contributed by atoms with Gasteiger partial charge in [0, 0.05) is 11.7 Å². The van der Waals surface area contributed by atoms with Crippen LogP contribution in [0.25, 0.3) is 0 Å². The largest absolute Gasteiger partial charge is 0.352 e. The highest BCUT2D eigenvalue weighted by Gasteiger charge is 2.45. The second kappa shape index (κ2) is 6.30. The molecule has 1 atom stereocenters. The molecular formula is C17H20N2O3. The molecule has 1 aromatic rings. The van der Waals surface area contributed by atoms with Crippen LogP contribution in [0.15, 0.2) is 30.3 Å². The van der Waals surface area contributed by atoms with E-state index < -0.39 is 17.7 Å². The van der Waals surface area contributed by atoms with Crippen LogP contribution in [0, 0.1) is 5.92 Å². The van der Waals surface area contributed by atoms with Gasteiger partial charge in [0.05, 0.1) is 6.54 Å². The second-order valence-corrected chi connectivity index (χ2v) is 6.00. The van der Waals surface area contributed by atoms with Crippen LogP contribution in [0.5, 0.6) is 0 Å². The van der Waals surface area contributed by atoms with Crippen LogP contribution in [-0.2, 0) is 14.4 Å². The Labute approximate surface area is 129 Å². The fourth-order valence-corrected chi connectivity index (χ4v) is 3.23. The fourth-order valence-electron chi connectivity index (χ4n) is 3.23. The zero-order valence-corrected chi connectivity index (χ0v) is 12.5. The Morgan fingerprint density at radius 3 is 2.41 bits per heavy atom. The van der Waals surface area contributed by atoms with Crippen molar-refractivity contribution in [3.8, 4) is 0 Å². The van der Waals surface area contributed by atoms with Crippen molar-refractivity contribution in [3.63, 3.8) is 0 Å². The topological polar surface area (TPSA) is 66.5 Å². The maximum atomic E-state index is 12.4. The van der Waals surface area contributed by atoms with Crippen molar-refractivity contribution in [2.45, 2.75) is 38.1 Å². The third-order valence-electron chi connectivity index (χ3n) is 4.43. The van der Waals surface area contributed by atoms with Gasteiger partial charge in [-0.2, -0.15) is 0 Å². The molecule has 1 saturated heterocycles. The maximum Gasteiger partial charge on any atom is 0.247 e. The SMILES string of the molecule is O=C1CN(c2ccccc2)C(=O)C1C(=O)NC1CCCCC1. The number of ketones is 1. The minimum atomic E-state index is -1.18. The monoisotopic (exact) mass is 300 g/mol. The number of nitrogens with zero attached hydrogens (tertiary/aromatic N) is 1.